The lowest BCUT2D eigenvalue weighted by Gasteiger charge is -2.41. The lowest BCUT2D eigenvalue weighted by molar-refractivity contribution is -0.131. The van der Waals surface area contributed by atoms with E-state index in [1.165, 1.54) is 0 Å². The number of Topliss-reactive ketones (excluding diaryl/α,β-unsaturated/α-hetero) is 1. The summed E-state index contributed by atoms with van der Waals surface area (Å²) >= 11 is 0. The first kappa shape index (κ1) is 28.4. The van der Waals surface area contributed by atoms with Crippen LogP contribution in [0.1, 0.15) is 41.9 Å². The fourth-order valence-corrected chi connectivity index (χ4v) is 5.78. The van der Waals surface area contributed by atoms with Gasteiger partial charge in [-0.15, -0.1) is 0 Å². The molecule has 2 aliphatic rings. The number of likely N-dealkylation sites (N-methyl/N-ethyl adjacent to an activating group) is 1. The fraction of sp³-hybridized carbons (Fsp3) is 0.419. The fourth-order valence-electron chi connectivity index (χ4n) is 5.78. The number of H-pyrrole nitrogens is 1. The van der Waals surface area contributed by atoms with E-state index in [9.17, 15) is 19.2 Å². The van der Waals surface area contributed by atoms with Crippen molar-refractivity contribution in [3.05, 3.63) is 65.9 Å². The van der Waals surface area contributed by atoms with E-state index < -0.39 is 11.7 Å². The van der Waals surface area contributed by atoms with Crippen LogP contribution in [0, 0.1) is 0 Å². The van der Waals surface area contributed by atoms with Crippen molar-refractivity contribution in [3.8, 4) is 0 Å². The van der Waals surface area contributed by atoms with Crippen molar-refractivity contribution >= 4 is 40.2 Å². The highest BCUT2D eigenvalue weighted by Gasteiger charge is 2.36. The van der Waals surface area contributed by atoms with E-state index >= 15 is 0 Å². The number of aromatic amines is 1. The summed E-state index contributed by atoms with van der Waals surface area (Å²) in [7, 11) is 3.96. The number of hydrogen-bond acceptors (Lipinski definition) is 5. The SMILES string of the molecule is CCC[C@@H]1CN(C(=O)c2ccccc2)CCN1C(=O)C(=O)c1c[nH]c2c(N3CCN(CCN(C)C)C3=O)cccc12.[HH]. The van der Waals surface area contributed by atoms with Crippen LogP contribution in [-0.2, 0) is 4.79 Å². The van der Waals surface area contributed by atoms with Gasteiger partial charge < -0.3 is 24.6 Å². The van der Waals surface area contributed by atoms with Gasteiger partial charge in [-0.25, -0.2) is 4.79 Å². The topological polar surface area (TPSA) is 100 Å². The van der Waals surface area contributed by atoms with Crippen LogP contribution in [0.25, 0.3) is 10.9 Å². The second-order valence-corrected chi connectivity index (χ2v) is 11.0. The number of fused-ring (bicyclic) bond motifs is 1. The van der Waals surface area contributed by atoms with Crippen LogP contribution < -0.4 is 4.90 Å². The molecule has 0 aliphatic carbocycles. The Kier molecular flexibility index (Phi) is 8.39. The number of aromatic nitrogens is 1. The van der Waals surface area contributed by atoms with E-state index in [1.54, 1.807) is 39.1 Å². The van der Waals surface area contributed by atoms with Crippen molar-refractivity contribution in [2.45, 2.75) is 25.8 Å². The summed E-state index contributed by atoms with van der Waals surface area (Å²) in [6.45, 7) is 5.69. The van der Waals surface area contributed by atoms with Gasteiger partial charge in [0.15, 0.2) is 0 Å². The summed E-state index contributed by atoms with van der Waals surface area (Å²) in [6, 6.07) is 14.3. The summed E-state index contributed by atoms with van der Waals surface area (Å²) in [5.41, 5.74) is 2.27. The van der Waals surface area contributed by atoms with E-state index in [2.05, 4.69) is 4.98 Å². The van der Waals surface area contributed by atoms with Gasteiger partial charge in [0.1, 0.15) is 0 Å². The molecule has 0 spiro atoms. The average molecular weight is 561 g/mol. The number of nitrogens with one attached hydrogen (secondary N) is 1. The van der Waals surface area contributed by atoms with Crippen LogP contribution in [-0.4, -0.2) is 114 Å². The second-order valence-electron chi connectivity index (χ2n) is 11.0. The van der Waals surface area contributed by atoms with Gasteiger partial charge in [-0.05, 0) is 38.7 Å². The average Bonchev–Trinajstić information content (AvgIpc) is 3.59. The molecular weight excluding hydrogens is 520 g/mol. The van der Waals surface area contributed by atoms with E-state index in [1.807, 2.05) is 61.2 Å². The minimum atomic E-state index is -0.585. The molecule has 0 saturated carbocycles. The van der Waals surface area contributed by atoms with Crippen LogP contribution >= 0.6 is 0 Å². The maximum atomic E-state index is 13.6. The monoisotopic (exact) mass is 560 g/mol. The van der Waals surface area contributed by atoms with Crippen LogP contribution in [0.5, 0.6) is 0 Å². The number of piperazine rings is 1. The van der Waals surface area contributed by atoms with Crippen LogP contribution in [0.3, 0.4) is 0 Å². The molecule has 218 valence electrons. The van der Waals surface area contributed by atoms with Crippen LogP contribution in [0.2, 0.25) is 0 Å². The molecule has 2 aromatic carbocycles. The third kappa shape index (κ3) is 5.69. The predicted octanol–water partition coefficient (Wildman–Crippen LogP) is 3.55. The summed E-state index contributed by atoms with van der Waals surface area (Å²) in [6.07, 6.45) is 3.08. The Balaban J connectivity index is 0.00000405. The molecule has 1 N–H and O–H groups in total. The molecule has 3 heterocycles. The van der Waals surface area contributed by atoms with Gasteiger partial charge in [-0.3, -0.25) is 19.3 Å². The molecule has 5 rings (SSSR count). The number of carbonyl (C=O) groups is 4. The maximum Gasteiger partial charge on any atom is 0.324 e. The van der Waals surface area contributed by atoms with Gasteiger partial charge >= 0.3 is 6.03 Å². The molecular formula is C31H40N6O4. The highest BCUT2D eigenvalue weighted by atomic mass is 16.2. The number of ketones is 1. The van der Waals surface area contributed by atoms with Crippen molar-refractivity contribution in [2.24, 2.45) is 0 Å². The molecule has 41 heavy (non-hydrogen) atoms. The van der Waals surface area contributed by atoms with Crippen molar-refractivity contribution in [2.75, 3.05) is 64.8 Å². The number of urea groups is 1. The van der Waals surface area contributed by atoms with Crippen LogP contribution in [0.4, 0.5) is 10.5 Å². The molecule has 0 bridgehead atoms. The Morgan fingerprint density at radius 2 is 1.78 bits per heavy atom. The number of carbonyl (C=O) groups excluding carboxylic acids is 4. The molecule has 0 radical (unpaired) electrons. The third-order valence-electron chi connectivity index (χ3n) is 8.01. The largest absolute Gasteiger partial charge is 0.359 e. The number of nitrogens with zero attached hydrogens (tertiary/aromatic N) is 5. The molecule has 10 nitrogen and oxygen atoms in total. The number of amides is 4. The van der Waals surface area contributed by atoms with E-state index in [-0.39, 0.29) is 19.4 Å². The van der Waals surface area contributed by atoms with Crippen LogP contribution in [0.15, 0.2) is 54.7 Å². The Bertz CT molecular complexity index is 1440. The highest BCUT2D eigenvalue weighted by molar-refractivity contribution is 6.45. The summed E-state index contributed by atoms with van der Waals surface area (Å²) in [5, 5.41) is 0.616. The number of rotatable bonds is 9. The lowest BCUT2D eigenvalue weighted by Crippen LogP contribution is -2.57. The minimum Gasteiger partial charge on any atom is -0.359 e. The van der Waals surface area contributed by atoms with E-state index in [0.717, 1.165) is 13.0 Å². The Morgan fingerprint density at radius 3 is 2.51 bits per heavy atom. The van der Waals surface area contributed by atoms with Crippen molar-refractivity contribution in [1.29, 1.82) is 0 Å². The minimum absolute atomic E-state index is 0. The second kappa shape index (κ2) is 12.1. The van der Waals surface area contributed by atoms with Gasteiger partial charge in [0.25, 0.3) is 17.6 Å². The van der Waals surface area contributed by atoms with Gasteiger partial charge in [-0.2, -0.15) is 0 Å². The molecule has 2 saturated heterocycles. The molecule has 0 unspecified atom stereocenters. The summed E-state index contributed by atoms with van der Waals surface area (Å²) in [4.78, 5) is 65.6. The molecule has 2 aliphatic heterocycles. The number of anilines is 1. The molecule has 4 amide bonds. The standard InChI is InChI=1S/C31H38N6O4.H2/c1-4-9-23-21-35(29(39)22-10-6-5-7-11-22)17-18-36(23)30(40)28(38)25-20-32-27-24(25)12-8-13-26(27)37-19-16-34(31(37)41)15-14-33(2)3;/h5-8,10-13,20,23,32H,4,9,14-19,21H2,1-3H3;1H/t23-;/m1./s1. The molecule has 2 fully saturated rings. The van der Waals surface area contributed by atoms with Gasteiger partial charge in [-0.1, -0.05) is 43.7 Å². The molecule has 1 aromatic heterocycles. The van der Waals surface area contributed by atoms with E-state index in [4.69, 9.17) is 0 Å². The zero-order valence-electron chi connectivity index (χ0n) is 24.0. The third-order valence-corrected chi connectivity index (χ3v) is 8.01. The normalized spacial score (nSPS) is 17.7. The smallest absolute Gasteiger partial charge is 0.324 e. The maximum absolute atomic E-state index is 13.6. The molecule has 3 aromatic rings. The number of para-hydroxylation sites is 1. The zero-order chi connectivity index (χ0) is 29.1. The Hall–Kier alpha value is -4.18. The van der Waals surface area contributed by atoms with Crippen molar-refractivity contribution in [3.63, 3.8) is 0 Å². The van der Waals surface area contributed by atoms with Gasteiger partial charge in [0.2, 0.25) is 0 Å². The number of benzene rings is 2. The van der Waals surface area contributed by atoms with Crippen molar-refractivity contribution in [1.82, 2.24) is 24.6 Å². The Morgan fingerprint density at radius 1 is 1.00 bits per heavy atom. The lowest BCUT2D eigenvalue weighted by atomic mass is 10.0. The van der Waals surface area contributed by atoms with E-state index in [0.29, 0.717) is 73.4 Å². The molecule has 10 heteroatoms. The predicted molar refractivity (Wildman–Crippen MR) is 160 cm³/mol. The zero-order valence-corrected chi connectivity index (χ0v) is 24.0. The first-order valence-corrected chi connectivity index (χ1v) is 14.3. The first-order chi connectivity index (χ1) is 19.8. The highest BCUT2D eigenvalue weighted by Crippen LogP contribution is 2.31. The quantitative estimate of drug-likeness (QED) is 0.319. The number of hydrogen-bond donors (Lipinski definition) is 1. The summed E-state index contributed by atoms with van der Waals surface area (Å²) < 4.78 is 0. The first-order valence-electron chi connectivity index (χ1n) is 14.3. The van der Waals surface area contributed by atoms with Gasteiger partial charge in [0.05, 0.1) is 16.8 Å². The Labute approximate surface area is 242 Å². The summed E-state index contributed by atoms with van der Waals surface area (Å²) in [5.74, 6) is -1.21. The van der Waals surface area contributed by atoms with Gasteiger partial charge in [0, 0.05) is 70.4 Å². The molecule has 1 atom stereocenters. The van der Waals surface area contributed by atoms with Crippen molar-refractivity contribution < 1.29 is 20.6 Å².